The Morgan fingerprint density at radius 3 is 2.71 bits per heavy atom. The number of guanidine groups is 1. The summed E-state index contributed by atoms with van der Waals surface area (Å²) in [5.74, 6) is 1.89. The van der Waals surface area contributed by atoms with Crippen LogP contribution in [0, 0.1) is 0 Å². The van der Waals surface area contributed by atoms with Crippen LogP contribution < -0.4 is 10.6 Å². The number of aliphatic imine (C=N–C) groups is 1. The van der Waals surface area contributed by atoms with Crippen LogP contribution in [0.2, 0.25) is 0 Å². The van der Waals surface area contributed by atoms with Crippen molar-refractivity contribution in [3.05, 3.63) is 24.2 Å². The fourth-order valence-electron chi connectivity index (χ4n) is 2.69. The maximum atomic E-state index is 5.63. The number of nitrogens with zero attached hydrogens (tertiary/aromatic N) is 2. The van der Waals surface area contributed by atoms with Gasteiger partial charge in [-0.05, 0) is 58.8 Å². The second-order valence-electron chi connectivity index (χ2n) is 5.79. The van der Waals surface area contributed by atoms with Gasteiger partial charge >= 0.3 is 0 Å². The van der Waals surface area contributed by atoms with Gasteiger partial charge in [-0.25, -0.2) is 0 Å². The monoisotopic (exact) mass is 292 g/mol. The summed E-state index contributed by atoms with van der Waals surface area (Å²) < 4.78 is 5.63. The van der Waals surface area contributed by atoms with E-state index in [2.05, 4.69) is 42.4 Å². The van der Waals surface area contributed by atoms with Crippen LogP contribution in [0.1, 0.15) is 45.4 Å². The lowest BCUT2D eigenvalue weighted by Crippen LogP contribution is -2.41. The summed E-state index contributed by atoms with van der Waals surface area (Å²) in [5.41, 5.74) is 0. The van der Waals surface area contributed by atoms with Gasteiger partial charge in [0.25, 0.3) is 0 Å². The quantitative estimate of drug-likeness (QED) is 0.624. The Labute approximate surface area is 127 Å². The SMILES string of the molecule is CCNC(=NCC(c1ccco1)N1CCCC1)NC(C)C. The molecule has 1 fully saturated rings. The second kappa shape index (κ2) is 8.08. The first kappa shape index (κ1) is 15.9. The van der Waals surface area contributed by atoms with Crippen LogP contribution >= 0.6 is 0 Å². The molecule has 5 nitrogen and oxygen atoms in total. The summed E-state index contributed by atoms with van der Waals surface area (Å²) in [5, 5.41) is 6.66. The van der Waals surface area contributed by atoms with E-state index >= 15 is 0 Å². The predicted molar refractivity (Wildman–Crippen MR) is 86.5 cm³/mol. The van der Waals surface area contributed by atoms with Crippen molar-refractivity contribution in [1.82, 2.24) is 15.5 Å². The zero-order valence-electron chi connectivity index (χ0n) is 13.4. The van der Waals surface area contributed by atoms with E-state index in [-0.39, 0.29) is 6.04 Å². The first-order valence-electron chi connectivity index (χ1n) is 8.03. The Hall–Kier alpha value is -1.49. The molecule has 0 saturated carbocycles. The lowest BCUT2D eigenvalue weighted by atomic mass is 10.2. The zero-order chi connectivity index (χ0) is 15.1. The Kier molecular flexibility index (Phi) is 6.11. The molecule has 1 aromatic heterocycles. The molecular weight excluding hydrogens is 264 g/mol. The molecule has 118 valence electrons. The number of likely N-dealkylation sites (tertiary alicyclic amines) is 1. The van der Waals surface area contributed by atoms with E-state index in [4.69, 9.17) is 9.41 Å². The lowest BCUT2D eigenvalue weighted by Gasteiger charge is -2.25. The van der Waals surface area contributed by atoms with Crippen molar-refractivity contribution in [2.24, 2.45) is 4.99 Å². The van der Waals surface area contributed by atoms with Crippen LogP contribution in [0.3, 0.4) is 0 Å². The minimum absolute atomic E-state index is 0.241. The van der Waals surface area contributed by atoms with Gasteiger partial charge in [0, 0.05) is 12.6 Å². The lowest BCUT2D eigenvalue weighted by molar-refractivity contribution is 0.221. The molecule has 1 aromatic rings. The minimum Gasteiger partial charge on any atom is -0.468 e. The van der Waals surface area contributed by atoms with Crippen molar-refractivity contribution < 1.29 is 4.42 Å². The third kappa shape index (κ3) is 4.77. The van der Waals surface area contributed by atoms with Crippen molar-refractivity contribution in [3.63, 3.8) is 0 Å². The molecule has 2 heterocycles. The molecule has 0 aliphatic carbocycles. The van der Waals surface area contributed by atoms with Gasteiger partial charge < -0.3 is 15.1 Å². The Balaban J connectivity index is 2.06. The number of furan rings is 1. The molecule has 1 unspecified atom stereocenters. The maximum absolute atomic E-state index is 5.63. The molecule has 1 aliphatic rings. The number of nitrogens with one attached hydrogen (secondary N) is 2. The summed E-state index contributed by atoms with van der Waals surface area (Å²) in [4.78, 5) is 7.22. The van der Waals surface area contributed by atoms with Gasteiger partial charge in [-0.3, -0.25) is 9.89 Å². The molecule has 0 bridgehead atoms. The van der Waals surface area contributed by atoms with Crippen molar-refractivity contribution >= 4 is 5.96 Å². The fourth-order valence-corrected chi connectivity index (χ4v) is 2.69. The van der Waals surface area contributed by atoms with Gasteiger partial charge in [-0.2, -0.15) is 0 Å². The largest absolute Gasteiger partial charge is 0.468 e. The van der Waals surface area contributed by atoms with Gasteiger partial charge in [0.2, 0.25) is 0 Å². The van der Waals surface area contributed by atoms with E-state index in [9.17, 15) is 0 Å². The van der Waals surface area contributed by atoms with E-state index in [1.807, 2.05) is 6.07 Å². The van der Waals surface area contributed by atoms with Crippen molar-refractivity contribution in [3.8, 4) is 0 Å². The van der Waals surface area contributed by atoms with E-state index in [1.165, 1.54) is 12.8 Å². The molecular formula is C16H28N4O. The van der Waals surface area contributed by atoms with E-state index in [1.54, 1.807) is 6.26 Å². The van der Waals surface area contributed by atoms with Crippen LogP contribution in [0.5, 0.6) is 0 Å². The highest BCUT2D eigenvalue weighted by Gasteiger charge is 2.25. The maximum Gasteiger partial charge on any atom is 0.191 e. The first-order valence-corrected chi connectivity index (χ1v) is 8.03. The molecule has 21 heavy (non-hydrogen) atoms. The highest BCUT2D eigenvalue weighted by atomic mass is 16.3. The molecule has 0 amide bonds. The van der Waals surface area contributed by atoms with Gasteiger partial charge in [0.1, 0.15) is 5.76 Å². The average molecular weight is 292 g/mol. The number of hydrogen-bond donors (Lipinski definition) is 2. The highest BCUT2D eigenvalue weighted by molar-refractivity contribution is 5.80. The van der Waals surface area contributed by atoms with Crippen LogP contribution in [-0.4, -0.2) is 43.1 Å². The van der Waals surface area contributed by atoms with E-state index < -0.39 is 0 Å². The Morgan fingerprint density at radius 1 is 1.38 bits per heavy atom. The summed E-state index contributed by atoms with van der Waals surface area (Å²) in [6.45, 7) is 10.2. The molecule has 5 heteroatoms. The Bertz CT molecular complexity index is 421. The van der Waals surface area contributed by atoms with Crippen molar-refractivity contribution in [1.29, 1.82) is 0 Å². The minimum atomic E-state index is 0.241. The third-order valence-electron chi connectivity index (χ3n) is 3.64. The molecule has 0 spiro atoms. The van der Waals surface area contributed by atoms with Gasteiger partial charge in [0.05, 0.1) is 18.8 Å². The molecule has 0 aromatic carbocycles. The average Bonchev–Trinajstić information content (AvgIpc) is 3.11. The zero-order valence-corrected chi connectivity index (χ0v) is 13.4. The van der Waals surface area contributed by atoms with Crippen molar-refractivity contribution in [2.45, 2.75) is 45.7 Å². The molecule has 1 atom stereocenters. The van der Waals surface area contributed by atoms with Gasteiger partial charge in [-0.15, -0.1) is 0 Å². The van der Waals surface area contributed by atoms with Gasteiger partial charge in [0.15, 0.2) is 5.96 Å². The van der Waals surface area contributed by atoms with E-state index in [0.717, 1.165) is 37.9 Å². The van der Waals surface area contributed by atoms with Crippen LogP contribution in [-0.2, 0) is 0 Å². The number of rotatable bonds is 6. The fraction of sp³-hybridized carbons (Fsp3) is 0.688. The van der Waals surface area contributed by atoms with Crippen LogP contribution in [0.25, 0.3) is 0 Å². The molecule has 2 rings (SSSR count). The van der Waals surface area contributed by atoms with Gasteiger partial charge in [-0.1, -0.05) is 0 Å². The topological polar surface area (TPSA) is 52.8 Å². The highest BCUT2D eigenvalue weighted by Crippen LogP contribution is 2.25. The van der Waals surface area contributed by atoms with Crippen LogP contribution in [0.15, 0.2) is 27.8 Å². The summed E-state index contributed by atoms with van der Waals surface area (Å²) in [6.07, 6.45) is 4.29. The first-order chi connectivity index (χ1) is 10.2. The predicted octanol–water partition coefficient (Wildman–Crippen LogP) is 2.38. The number of hydrogen-bond acceptors (Lipinski definition) is 3. The summed E-state index contributed by atoms with van der Waals surface area (Å²) >= 11 is 0. The molecule has 0 radical (unpaired) electrons. The normalized spacial score (nSPS) is 18.2. The summed E-state index contributed by atoms with van der Waals surface area (Å²) in [6, 6.07) is 4.63. The molecule has 2 N–H and O–H groups in total. The standard InChI is InChI=1S/C16H28N4O/c1-4-17-16(19-13(2)3)18-12-14(15-8-7-11-21-15)20-9-5-6-10-20/h7-8,11,13-14H,4-6,9-10,12H2,1-3H3,(H2,17,18,19). The smallest absolute Gasteiger partial charge is 0.191 e. The van der Waals surface area contributed by atoms with Crippen LogP contribution in [0.4, 0.5) is 0 Å². The Morgan fingerprint density at radius 2 is 2.14 bits per heavy atom. The van der Waals surface area contributed by atoms with E-state index in [0.29, 0.717) is 6.04 Å². The second-order valence-corrected chi connectivity index (χ2v) is 5.79. The molecule has 1 saturated heterocycles. The molecule has 1 aliphatic heterocycles. The van der Waals surface area contributed by atoms with Crippen molar-refractivity contribution in [2.75, 3.05) is 26.2 Å². The third-order valence-corrected chi connectivity index (χ3v) is 3.64. The summed E-state index contributed by atoms with van der Waals surface area (Å²) in [7, 11) is 0.